The number of nitrogens with zero attached hydrogens (tertiary/aromatic N) is 3. The van der Waals surface area contributed by atoms with E-state index in [-0.39, 0.29) is 17.6 Å². The zero-order valence-electron chi connectivity index (χ0n) is 14.4. The first-order valence-electron chi connectivity index (χ1n) is 8.56. The summed E-state index contributed by atoms with van der Waals surface area (Å²) in [6.45, 7) is 4.52. The smallest absolute Gasteiger partial charge is 0.364 e. The molecule has 0 aliphatic carbocycles. The molecule has 1 aromatic carbocycles. The number of halogens is 4. The molecule has 0 spiro atoms. The number of anilines is 1. The van der Waals surface area contributed by atoms with E-state index in [0.29, 0.717) is 12.1 Å². The maximum Gasteiger partial charge on any atom is 0.420 e. The molecule has 26 heavy (non-hydrogen) atoms. The minimum Gasteiger partial charge on any atom is -0.364 e. The van der Waals surface area contributed by atoms with Gasteiger partial charge in [0.15, 0.2) is 5.82 Å². The number of likely N-dealkylation sites (N-methyl/N-ethyl adjacent to an activating group) is 1. The Morgan fingerprint density at radius 3 is 2.58 bits per heavy atom. The third-order valence-corrected chi connectivity index (χ3v) is 4.53. The lowest BCUT2D eigenvalue weighted by molar-refractivity contribution is -0.137. The minimum atomic E-state index is -4.56. The third-order valence-electron chi connectivity index (χ3n) is 4.53. The number of hydrogen-bond acceptors (Lipinski definition) is 4. The molecule has 1 saturated heterocycles. The predicted octanol–water partition coefficient (Wildman–Crippen LogP) is 4.20. The number of benzene rings is 1. The van der Waals surface area contributed by atoms with E-state index in [1.54, 1.807) is 0 Å². The first-order valence-corrected chi connectivity index (χ1v) is 8.56. The van der Waals surface area contributed by atoms with Gasteiger partial charge in [-0.1, -0.05) is 6.92 Å². The highest BCUT2D eigenvalue weighted by Gasteiger charge is 2.36. The van der Waals surface area contributed by atoms with Gasteiger partial charge in [-0.2, -0.15) is 13.2 Å². The van der Waals surface area contributed by atoms with Crippen LogP contribution in [0.25, 0.3) is 11.3 Å². The van der Waals surface area contributed by atoms with Gasteiger partial charge in [-0.25, -0.2) is 4.39 Å². The molecule has 2 aromatic rings. The fourth-order valence-corrected chi connectivity index (χ4v) is 3.13. The highest BCUT2D eigenvalue weighted by Crippen LogP contribution is 2.36. The summed E-state index contributed by atoms with van der Waals surface area (Å²) in [5.41, 5.74) is -0.423. The average molecular weight is 368 g/mol. The van der Waals surface area contributed by atoms with E-state index < -0.39 is 17.6 Å². The van der Waals surface area contributed by atoms with E-state index in [2.05, 4.69) is 20.4 Å². The molecule has 0 bridgehead atoms. The Kier molecular flexibility index (Phi) is 5.41. The quantitative estimate of drug-likeness (QED) is 0.822. The summed E-state index contributed by atoms with van der Waals surface area (Å²) in [5, 5.41) is 10.6. The molecule has 1 N–H and O–H groups in total. The standard InChI is InChI=1S/C18H20F4N4/c1-2-26-9-3-4-14(11-26)23-17-15(18(20,21)22)10-16(24-25-17)12-5-7-13(19)8-6-12/h5-8,10,14H,2-4,9,11H2,1H3,(H,23,25)/t14-/m1/s1. The van der Waals surface area contributed by atoms with Crippen LogP contribution in [-0.4, -0.2) is 40.8 Å². The van der Waals surface area contributed by atoms with Gasteiger partial charge >= 0.3 is 6.18 Å². The van der Waals surface area contributed by atoms with Crippen molar-refractivity contribution >= 4 is 5.82 Å². The van der Waals surface area contributed by atoms with Gasteiger partial charge in [0.25, 0.3) is 0 Å². The zero-order valence-corrected chi connectivity index (χ0v) is 14.4. The first-order chi connectivity index (χ1) is 12.4. The maximum absolute atomic E-state index is 13.5. The van der Waals surface area contributed by atoms with Gasteiger partial charge in [0.1, 0.15) is 11.4 Å². The van der Waals surface area contributed by atoms with E-state index in [9.17, 15) is 17.6 Å². The molecule has 1 aliphatic heterocycles. The second-order valence-electron chi connectivity index (χ2n) is 6.37. The summed E-state index contributed by atoms with van der Waals surface area (Å²) < 4.78 is 53.6. The molecule has 4 nitrogen and oxygen atoms in total. The molecule has 1 fully saturated rings. The summed E-state index contributed by atoms with van der Waals surface area (Å²) in [5.74, 6) is -0.722. The van der Waals surface area contributed by atoms with Crippen molar-refractivity contribution < 1.29 is 17.6 Å². The Hall–Kier alpha value is -2.22. The van der Waals surface area contributed by atoms with Crippen molar-refractivity contribution in [3.05, 3.63) is 41.7 Å². The lowest BCUT2D eigenvalue weighted by Gasteiger charge is -2.32. The Balaban J connectivity index is 1.89. The van der Waals surface area contributed by atoms with Crippen LogP contribution in [-0.2, 0) is 6.18 Å². The summed E-state index contributed by atoms with van der Waals surface area (Å²) in [6, 6.07) is 5.98. The molecular weight excluding hydrogens is 348 g/mol. The number of piperidine rings is 1. The average Bonchev–Trinajstić information content (AvgIpc) is 2.62. The van der Waals surface area contributed by atoms with Crippen LogP contribution < -0.4 is 5.32 Å². The van der Waals surface area contributed by atoms with Crippen molar-refractivity contribution in [1.82, 2.24) is 15.1 Å². The molecule has 0 amide bonds. The van der Waals surface area contributed by atoms with E-state index in [0.717, 1.165) is 32.0 Å². The fourth-order valence-electron chi connectivity index (χ4n) is 3.13. The molecule has 0 saturated carbocycles. The van der Waals surface area contributed by atoms with Gasteiger partial charge in [-0.15, -0.1) is 10.2 Å². The van der Waals surface area contributed by atoms with Crippen LogP contribution in [0.1, 0.15) is 25.3 Å². The summed E-state index contributed by atoms with van der Waals surface area (Å²) in [6.07, 6.45) is -2.85. The fraction of sp³-hybridized carbons (Fsp3) is 0.444. The van der Waals surface area contributed by atoms with Crippen molar-refractivity contribution in [1.29, 1.82) is 0 Å². The Bertz CT molecular complexity index is 746. The van der Waals surface area contributed by atoms with Gasteiger partial charge in [0.05, 0.1) is 5.69 Å². The van der Waals surface area contributed by atoms with Gasteiger partial charge in [0, 0.05) is 18.2 Å². The molecule has 3 rings (SSSR count). The van der Waals surface area contributed by atoms with Gasteiger partial charge < -0.3 is 10.2 Å². The number of aromatic nitrogens is 2. The molecule has 1 aromatic heterocycles. The number of likely N-dealkylation sites (tertiary alicyclic amines) is 1. The van der Waals surface area contributed by atoms with Crippen LogP contribution in [0.3, 0.4) is 0 Å². The van der Waals surface area contributed by atoms with Crippen molar-refractivity contribution in [2.24, 2.45) is 0 Å². The van der Waals surface area contributed by atoms with Crippen molar-refractivity contribution in [3.8, 4) is 11.3 Å². The molecule has 2 heterocycles. The highest BCUT2D eigenvalue weighted by molar-refractivity contribution is 5.62. The molecule has 8 heteroatoms. The van der Waals surface area contributed by atoms with Crippen LogP contribution in [0, 0.1) is 5.82 Å². The number of rotatable bonds is 4. The number of nitrogens with one attached hydrogen (secondary N) is 1. The van der Waals surface area contributed by atoms with Crippen molar-refractivity contribution in [2.45, 2.75) is 32.0 Å². The topological polar surface area (TPSA) is 41.0 Å². The van der Waals surface area contributed by atoms with Crippen LogP contribution in [0.2, 0.25) is 0 Å². The van der Waals surface area contributed by atoms with Crippen LogP contribution in [0.5, 0.6) is 0 Å². The molecule has 1 aliphatic rings. The van der Waals surface area contributed by atoms with Crippen molar-refractivity contribution in [2.75, 3.05) is 25.0 Å². The van der Waals surface area contributed by atoms with Crippen LogP contribution >= 0.6 is 0 Å². The monoisotopic (exact) mass is 368 g/mol. The second kappa shape index (κ2) is 7.57. The van der Waals surface area contributed by atoms with Crippen LogP contribution in [0.15, 0.2) is 30.3 Å². The molecular formula is C18H20F4N4. The SMILES string of the molecule is CCN1CCC[C@@H](Nc2nnc(-c3ccc(F)cc3)cc2C(F)(F)F)C1. The Morgan fingerprint density at radius 1 is 1.19 bits per heavy atom. The van der Waals surface area contributed by atoms with Crippen LogP contribution in [0.4, 0.5) is 23.4 Å². The predicted molar refractivity (Wildman–Crippen MR) is 91.2 cm³/mol. The summed E-state index contributed by atoms with van der Waals surface area (Å²) >= 11 is 0. The minimum absolute atomic E-state index is 0.0571. The Morgan fingerprint density at radius 2 is 1.92 bits per heavy atom. The lowest BCUT2D eigenvalue weighted by Crippen LogP contribution is -2.42. The normalized spacial score (nSPS) is 18.7. The highest BCUT2D eigenvalue weighted by atomic mass is 19.4. The number of hydrogen-bond donors (Lipinski definition) is 1. The number of alkyl halides is 3. The third kappa shape index (κ3) is 4.30. The van der Waals surface area contributed by atoms with Gasteiger partial charge in [-0.3, -0.25) is 0 Å². The first kappa shape index (κ1) is 18.6. The summed E-state index contributed by atoms with van der Waals surface area (Å²) in [7, 11) is 0. The Labute approximate surface area is 149 Å². The van der Waals surface area contributed by atoms with E-state index in [1.807, 2.05) is 6.92 Å². The molecule has 0 unspecified atom stereocenters. The van der Waals surface area contributed by atoms with Crippen molar-refractivity contribution in [3.63, 3.8) is 0 Å². The zero-order chi connectivity index (χ0) is 18.7. The largest absolute Gasteiger partial charge is 0.420 e. The molecule has 140 valence electrons. The van der Waals surface area contributed by atoms with E-state index >= 15 is 0 Å². The molecule has 0 radical (unpaired) electrons. The summed E-state index contributed by atoms with van der Waals surface area (Å²) in [4.78, 5) is 2.19. The van der Waals surface area contributed by atoms with Gasteiger partial charge in [0.2, 0.25) is 0 Å². The second-order valence-corrected chi connectivity index (χ2v) is 6.37. The van der Waals surface area contributed by atoms with E-state index in [4.69, 9.17) is 0 Å². The lowest BCUT2D eigenvalue weighted by atomic mass is 10.0. The van der Waals surface area contributed by atoms with E-state index in [1.165, 1.54) is 24.3 Å². The maximum atomic E-state index is 13.5. The molecule has 1 atom stereocenters. The van der Waals surface area contributed by atoms with Gasteiger partial charge in [-0.05, 0) is 56.3 Å².